The maximum Gasteiger partial charge on any atom is 0.330 e. The van der Waals surface area contributed by atoms with Crippen molar-refractivity contribution >= 4 is 18.0 Å². The third-order valence-electron chi connectivity index (χ3n) is 2.05. The van der Waals surface area contributed by atoms with Crippen molar-refractivity contribution in [2.45, 2.75) is 6.42 Å². The number of phenolic OH excluding ortho intramolecular Hbond substituents is 1. The van der Waals surface area contributed by atoms with E-state index in [1.807, 2.05) is 0 Å². The zero-order valence-electron chi connectivity index (χ0n) is 9.21. The Labute approximate surface area is 98.0 Å². The molecule has 1 rings (SSSR count). The van der Waals surface area contributed by atoms with Crippen LogP contribution in [0.1, 0.15) is 11.1 Å². The normalized spacial score (nSPS) is 10.4. The SMILES string of the molecule is COC(=O)C=Cc1cc(CC(=O)O)ccc1O. The van der Waals surface area contributed by atoms with Gasteiger partial charge in [0.15, 0.2) is 0 Å². The fourth-order valence-electron chi connectivity index (χ4n) is 1.25. The number of aliphatic carboxylic acids is 1. The summed E-state index contributed by atoms with van der Waals surface area (Å²) in [7, 11) is 1.24. The van der Waals surface area contributed by atoms with Crippen molar-refractivity contribution in [3.05, 3.63) is 35.4 Å². The van der Waals surface area contributed by atoms with Gasteiger partial charge in [-0.3, -0.25) is 4.79 Å². The number of hydrogen-bond donors (Lipinski definition) is 2. The largest absolute Gasteiger partial charge is 0.507 e. The van der Waals surface area contributed by atoms with Gasteiger partial charge in [0.2, 0.25) is 0 Å². The highest BCUT2D eigenvalue weighted by Gasteiger charge is 2.04. The standard InChI is InChI=1S/C12H12O5/c1-17-12(16)5-3-9-6-8(7-11(14)15)2-4-10(9)13/h2-6,13H,7H2,1H3,(H,14,15). The summed E-state index contributed by atoms with van der Waals surface area (Å²) in [6, 6.07) is 4.40. The van der Waals surface area contributed by atoms with Gasteiger partial charge in [-0.05, 0) is 23.8 Å². The van der Waals surface area contributed by atoms with E-state index in [2.05, 4.69) is 4.74 Å². The van der Waals surface area contributed by atoms with Gasteiger partial charge in [-0.15, -0.1) is 0 Å². The number of esters is 1. The van der Waals surface area contributed by atoms with Crippen LogP contribution in [0.3, 0.4) is 0 Å². The minimum absolute atomic E-state index is 0.0284. The lowest BCUT2D eigenvalue weighted by molar-refractivity contribution is -0.136. The lowest BCUT2D eigenvalue weighted by atomic mass is 10.1. The molecule has 0 unspecified atom stereocenters. The van der Waals surface area contributed by atoms with Gasteiger partial charge < -0.3 is 14.9 Å². The maximum absolute atomic E-state index is 10.9. The van der Waals surface area contributed by atoms with Crippen molar-refractivity contribution in [1.82, 2.24) is 0 Å². The second-order valence-corrected chi connectivity index (χ2v) is 3.32. The molecule has 0 fully saturated rings. The van der Waals surface area contributed by atoms with E-state index in [0.717, 1.165) is 6.08 Å². The van der Waals surface area contributed by atoms with Gasteiger partial charge in [0, 0.05) is 11.6 Å². The number of ether oxygens (including phenoxy) is 1. The number of carboxylic acid groups (broad SMARTS) is 1. The van der Waals surface area contributed by atoms with Crippen LogP contribution in [0.2, 0.25) is 0 Å². The molecule has 0 atom stereocenters. The third kappa shape index (κ3) is 3.98. The van der Waals surface area contributed by atoms with Gasteiger partial charge in [-0.2, -0.15) is 0 Å². The minimum atomic E-state index is -0.960. The molecule has 0 aromatic heterocycles. The number of carbonyl (C=O) groups excluding carboxylic acids is 1. The number of hydrogen-bond acceptors (Lipinski definition) is 4. The molecule has 90 valence electrons. The van der Waals surface area contributed by atoms with E-state index in [1.54, 1.807) is 0 Å². The van der Waals surface area contributed by atoms with Crippen molar-refractivity contribution in [2.24, 2.45) is 0 Å². The third-order valence-corrected chi connectivity index (χ3v) is 2.05. The molecule has 0 spiro atoms. The van der Waals surface area contributed by atoms with Gasteiger partial charge in [-0.25, -0.2) is 4.79 Å². The van der Waals surface area contributed by atoms with Crippen LogP contribution in [-0.4, -0.2) is 29.3 Å². The Morgan fingerprint density at radius 2 is 2.12 bits per heavy atom. The number of aromatic hydroxyl groups is 1. The van der Waals surface area contributed by atoms with Crippen LogP contribution in [-0.2, 0) is 20.7 Å². The van der Waals surface area contributed by atoms with E-state index in [0.29, 0.717) is 11.1 Å². The van der Waals surface area contributed by atoms with E-state index in [-0.39, 0.29) is 12.2 Å². The first-order chi connectivity index (χ1) is 8.02. The van der Waals surface area contributed by atoms with E-state index < -0.39 is 11.9 Å². The molecular formula is C12H12O5. The van der Waals surface area contributed by atoms with Crippen molar-refractivity contribution in [1.29, 1.82) is 0 Å². The zero-order chi connectivity index (χ0) is 12.8. The second-order valence-electron chi connectivity index (χ2n) is 3.32. The molecule has 0 heterocycles. The highest BCUT2D eigenvalue weighted by molar-refractivity contribution is 5.87. The molecule has 0 aliphatic carbocycles. The lowest BCUT2D eigenvalue weighted by Crippen LogP contribution is -2.00. The van der Waals surface area contributed by atoms with Crippen LogP contribution in [0.15, 0.2) is 24.3 Å². The predicted molar refractivity (Wildman–Crippen MR) is 60.5 cm³/mol. The molecule has 0 amide bonds. The van der Waals surface area contributed by atoms with Gasteiger partial charge in [0.25, 0.3) is 0 Å². The highest BCUT2D eigenvalue weighted by atomic mass is 16.5. The summed E-state index contributed by atoms with van der Waals surface area (Å²) in [6.45, 7) is 0. The minimum Gasteiger partial charge on any atom is -0.507 e. The molecule has 5 nitrogen and oxygen atoms in total. The summed E-state index contributed by atoms with van der Waals surface area (Å²) in [5.74, 6) is -1.54. The zero-order valence-corrected chi connectivity index (χ0v) is 9.21. The Balaban J connectivity index is 2.94. The maximum atomic E-state index is 10.9. The average molecular weight is 236 g/mol. The van der Waals surface area contributed by atoms with Crippen LogP contribution in [0.5, 0.6) is 5.75 Å². The van der Waals surface area contributed by atoms with Crippen molar-refractivity contribution in [2.75, 3.05) is 7.11 Å². The Morgan fingerprint density at radius 1 is 1.41 bits per heavy atom. The number of rotatable bonds is 4. The first-order valence-corrected chi connectivity index (χ1v) is 4.82. The summed E-state index contributed by atoms with van der Waals surface area (Å²) in [4.78, 5) is 21.4. The van der Waals surface area contributed by atoms with Gasteiger partial charge in [0.05, 0.1) is 13.5 Å². The molecule has 2 N–H and O–H groups in total. The molecule has 0 radical (unpaired) electrons. The molecule has 0 bridgehead atoms. The quantitative estimate of drug-likeness (QED) is 0.606. The fourth-order valence-corrected chi connectivity index (χ4v) is 1.25. The summed E-state index contributed by atoms with van der Waals surface area (Å²) in [5.41, 5.74) is 0.911. The predicted octanol–water partition coefficient (Wildman–Crippen LogP) is 1.21. The molecular weight excluding hydrogens is 224 g/mol. The van der Waals surface area contributed by atoms with E-state index >= 15 is 0 Å². The van der Waals surface area contributed by atoms with Crippen molar-refractivity contribution in [3.8, 4) is 5.75 Å². The molecule has 0 aliphatic heterocycles. The van der Waals surface area contributed by atoms with Crippen LogP contribution < -0.4 is 0 Å². The summed E-state index contributed by atoms with van der Waals surface area (Å²) in [6.07, 6.45) is 2.38. The van der Waals surface area contributed by atoms with E-state index in [1.165, 1.54) is 31.4 Å². The van der Waals surface area contributed by atoms with Crippen molar-refractivity contribution in [3.63, 3.8) is 0 Å². The first-order valence-electron chi connectivity index (χ1n) is 4.82. The number of benzene rings is 1. The summed E-state index contributed by atoms with van der Waals surface area (Å²) in [5, 5.41) is 18.1. The van der Waals surface area contributed by atoms with Gasteiger partial charge in [-0.1, -0.05) is 6.07 Å². The second kappa shape index (κ2) is 5.69. The lowest BCUT2D eigenvalue weighted by Gasteiger charge is -2.02. The fraction of sp³-hybridized carbons (Fsp3) is 0.167. The Bertz CT molecular complexity index is 462. The topological polar surface area (TPSA) is 83.8 Å². The Hall–Kier alpha value is -2.30. The van der Waals surface area contributed by atoms with E-state index in [9.17, 15) is 14.7 Å². The highest BCUT2D eigenvalue weighted by Crippen LogP contribution is 2.20. The molecule has 17 heavy (non-hydrogen) atoms. The molecule has 5 heteroatoms. The number of methoxy groups -OCH3 is 1. The monoisotopic (exact) mass is 236 g/mol. The number of carboxylic acids is 1. The van der Waals surface area contributed by atoms with E-state index in [4.69, 9.17) is 5.11 Å². The summed E-state index contributed by atoms with van der Waals surface area (Å²) >= 11 is 0. The van der Waals surface area contributed by atoms with Crippen LogP contribution in [0.4, 0.5) is 0 Å². The first kappa shape index (κ1) is 12.8. The Morgan fingerprint density at radius 3 is 2.71 bits per heavy atom. The molecule has 1 aromatic carbocycles. The Kier molecular flexibility index (Phi) is 4.28. The van der Waals surface area contributed by atoms with Crippen LogP contribution in [0.25, 0.3) is 6.08 Å². The number of phenols is 1. The van der Waals surface area contributed by atoms with Crippen molar-refractivity contribution < 1.29 is 24.5 Å². The molecule has 0 aliphatic rings. The number of carbonyl (C=O) groups is 2. The summed E-state index contributed by atoms with van der Waals surface area (Å²) < 4.78 is 4.41. The smallest absolute Gasteiger partial charge is 0.330 e. The van der Waals surface area contributed by atoms with Crippen LogP contribution in [0, 0.1) is 0 Å². The van der Waals surface area contributed by atoms with Crippen LogP contribution >= 0.6 is 0 Å². The van der Waals surface area contributed by atoms with Gasteiger partial charge in [0.1, 0.15) is 5.75 Å². The van der Waals surface area contributed by atoms with Gasteiger partial charge >= 0.3 is 11.9 Å². The molecule has 0 saturated carbocycles. The molecule has 1 aromatic rings. The molecule has 0 saturated heterocycles. The average Bonchev–Trinajstić information content (AvgIpc) is 2.28.